The highest BCUT2D eigenvalue weighted by molar-refractivity contribution is 5.95. The molecule has 0 bridgehead atoms. The van der Waals surface area contributed by atoms with Gasteiger partial charge in [-0.15, -0.1) is 0 Å². The minimum absolute atomic E-state index is 0.0405. The molecule has 0 N–H and O–H groups in total. The van der Waals surface area contributed by atoms with Crippen LogP contribution in [0.3, 0.4) is 0 Å². The van der Waals surface area contributed by atoms with Crippen molar-refractivity contribution in [3.63, 3.8) is 0 Å². The van der Waals surface area contributed by atoms with Crippen molar-refractivity contribution >= 4 is 5.78 Å². The molecule has 0 saturated carbocycles. The molecule has 0 aliphatic carbocycles. The first-order valence-electron chi connectivity index (χ1n) is 5.52. The van der Waals surface area contributed by atoms with Crippen LogP contribution < -0.4 is 0 Å². The van der Waals surface area contributed by atoms with Crippen LogP contribution in [0.4, 0.5) is 0 Å². The van der Waals surface area contributed by atoms with Gasteiger partial charge in [-0.25, -0.2) is 0 Å². The van der Waals surface area contributed by atoms with Gasteiger partial charge >= 0.3 is 0 Å². The highest BCUT2D eigenvalue weighted by Gasteiger charge is 2.02. The molecule has 0 rings (SSSR count). The number of unbranched alkanes of at least 4 members (excludes halogenated alkanes) is 1. The molecule has 0 radical (unpaired) electrons. The van der Waals surface area contributed by atoms with Gasteiger partial charge in [0.05, 0.1) is 0 Å². The van der Waals surface area contributed by atoms with E-state index < -0.39 is 6.29 Å². The summed E-state index contributed by atoms with van der Waals surface area (Å²) in [5.41, 5.74) is 0. The monoisotopic (exact) mass is 212 g/mol. The average Bonchev–Trinajstić information content (AvgIpc) is 2.23. The molecule has 0 fully saturated rings. The maximum absolute atomic E-state index is 11.2. The molecule has 3 nitrogen and oxygen atoms in total. The molecular formula is C12H20O3. The summed E-state index contributed by atoms with van der Waals surface area (Å²) in [6.07, 6.45) is 1.86. The molecule has 0 heterocycles. The summed E-state index contributed by atoms with van der Waals surface area (Å²) in [4.78, 5) is 11.2. The number of hydrogen-bond donors (Lipinski definition) is 0. The Morgan fingerprint density at radius 3 is 2.27 bits per heavy atom. The second kappa shape index (κ2) is 9.70. The number of carbonyl (C=O) groups excluding carboxylic acids is 1. The zero-order chi connectivity index (χ0) is 11.5. The lowest BCUT2D eigenvalue weighted by molar-refractivity contribution is -0.114. The van der Waals surface area contributed by atoms with E-state index in [1.807, 2.05) is 20.8 Å². The normalized spacial score (nSPS) is 9.87. The topological polar surface area (TPSA) is 35.5 Å². The van der Waals surface area contributed by atoms with Crippen LogP contribution in [0.5, 0.6) is 0 Å². The summed E-state index contributed by atoms with van der Waals surface area (Å²) in [5.74, 6) is 5.19. The van der Waals surface area contributed by atoms with Crippen LogP contribution in [0.1, 0.15) is 40.0 Å². The van der Waals surface area contributed by atoms with Crippen molar-refractivity contribution < 1.29 is 14.3 Å². The fourth-order valence-corrected chi connectivity index (χ4v) is 0.973. The van der Waals surface area contributed by atoms with Crippen LogP contribution in [0.2, 0.25) is 0 Å². The summed E-state index contributed by atoms with van der Waals surface area (Å²) in [7, 11) is 0. The van der Waals surface area contributed by atoms with E-state index in [4.69, 9.17) is 9.47 Å². The Hall–Kier alpha value is -0.850. The average molecular weight is 212 g/mol. The molecule has 0 aliphatic heterocycles. The smallest absolute Gasteiger partial charge is 0.222 e. The molecule has 15 heavy (non-hydrogen) atoms. The van der Waals surface area contributed by atoms with Crippen LogP contribution in [0, 0.1) is 11.8 Å². The summed E-state index contributed by atoms with van der Waals surface area (Å²) in [6, 6.07) is 0. The molecule has 3 heteroatoms. The first-order valence-corrected chi connectivity index (χ1v) is 5.52. The lowest BCUT2D eigenvalue weighted by atomic mass is 10.2. The summed E-state index contributed by atoms with van der Waals surface area (Å²) < 4.78 is 10.4. The van der Waals surface area contributed by atoms with E-state index in [-0.39, 0.29) is 5.78 Å². The molecule has 0 unspecified atom stereocenters. The number of rotatable bonds is 7. The van der Waals surface area contributed by atoms with E-state index in [9.17, 15) is 4.79 Å². The number of ether oxygens (including phenoxy) is 2. The summed E-state index contributed by atoms with van der Waals surface area (Å²) in [5, 5.41) is 0. The van der Waals surface area contributed by atoms with Gasteiger partial charge in [0.1, 0.15) is 0 Å². The molecule has 86 valence electrons. The van der Waals surface area contributed by atoms with Crippen molar-refractivity contribution in [2.45, 2.75) is 46.3 Å². The quantitative estimate of drug-likeness (QED) is 0.368. The van der Waals surface area contributed by atoms with Crippen molar-refractivity contribution in [1.29, 1.82) is 0 Å². The van der Waals surface area contributed by atoms with Gasteiger partial charge in [0.2, 0.25) is 12.1 Å². The molecule has 0 aliphatic rings. The lowest BCUT2D eigenvalue weighted by Gasteiger charge is -2.09. The molecule has 0 aromatic carbocycles. The largest absolute Gasteiger partial charge is 0.342 e. The van der Waals surface area contributed by atoms with Gasteiger partial charge in [-0.05, 0) is 32.1 Å². The Morgan fingerprint density at radius 1 is 1.20 bits per heavy atom. The van der Waals surface area contributed by atoms with Gasteiger partial charge in [0.15, 0.2) is 0 Å². The first kappa shape index (κ1) is 14.2. The Balaban J connectivity index is 4.00. The number of Topliss-reactive ketones (excluding diaryl/α,β-unsaturated/α-hetero) is 1. The highest BCUT2D eigenvalue weighted by Crippen LogP contribution is 1.96. The van der Waals surface area contributed by atoms with Crippen LogP contribution in [-0.2, 0) is 14.3 Å². The van der Waals surface area contributed by atoms with Gasteiger partial charge in [-0.1, -0.05) is 13.3 Å². The van der Waals surface area contributed by atoms with Crippen LogP contribution >= 0.6 is 0 Å². The van der Waals surface area contributed by atoms with E-state index >= 15 is 0 Å². The van der Waals surface area contributed by atoms with Gasteiger partial charge in [-0.3, -0.25) is 4.79 Å². The van der Waals surface area contributed by atoms with Crippen LogP contribution in [0.15, 0.2) is 0 Å². The van der Waals surface area contributed by atoms with Crippen LogP contribution in [0.25, 0.3) is 0 Å². The fourth-order valence-electron chi connectivity index (χ4n) is 0.973. The second-order valence-electron chi connectivity index (χ2n) is 3.04. The maximum Gasteiger partial charge on any atom is 0.222 e. The van der Waals surface area contributed by atoms with Crippen LogP contribution in [-0.4, -0.2) is 25.3 Å². The predicted octanol–water partition coefficient (Wildman–Crippen LogP) is 2.15. The summed E-state index contributed by atoms with van der Waals surface area (Å²) in [6.45, 7) is 6.84. The third-order valence-electron chi connectivity index (χ3n) is 1.72. The number of carbonyl (C=O) groups is 1. The van der Waals surface area contributed by atoms with Crippen molar-refractivity contribution in [2.24, 2.45) is 0 Å². The zero-order valence-corrected chi connectivity index (χ0v) is 9.84. The Bertz CT molecular complexity index is 219. The number of ketones is 1. The van der Waals surface area contributed by atoms with Crippen molar-refractivity contribution in [1.82, 2.24) is 0 Å². The fraction of sp³-hybridized carbons (Fsp3) is 0.750. The maximum atomic E-state index is 11.2. The summed E-state index contributed by atoms with van der Waals surface area (Å²) >= 11 is 0. The van der Waals surface area contributed by atoms with Gasteiger partial charge in [0, 0.05) is 19.6 Å². The van der Waals surface area contributed by atoms with E-state index in [0.29, 0.717) is 19.6 Å². The van der Waals surface area contributed by atoms with Crippen molar-refractivity contribution in [3.8, 4) is 11.8 Å². The van der Waals surface area contributed by atoms with Gasteiger partial charge in [-0.2, -0.15) is 0 Å². The predicted molar refractivity (Wildman–Crippen MR) is 59.3 cm³/mol. The SMILES string of the molecule is CCCCC(=O)C#CC(OCC)OCC. The van der Waals surface area contributed by atoms with E-state index in [1.165, 1.54) is 0 Å². The van der Waals surface area contributed by atoms with E-state index in [1.54, 1.807) is 0 Å². The van der Waals surface area contributed by atoms with Crippen molar-refractivity contribution in [2.75, 3.05) is 13.2 Å². The van der Waals surface area contributed by atoms with E-state index in [0.717, 1.165) is 12.8 Å². The minimum atomic E-state index is -0.564. The number of hydrogen-bond acceptors (Lipinski definition) is 3. The molecule has 0 atom stereocenters. The third kappa shape index (κ3) is 8.17. The first-order chi connectivity index (χ1) is 7.24. The standard InChI is InChI=1S/C12H20O3/c1-4-7-8-11(13)9-10-12(14-5-2)15-6-3/h12H,4-8H2,1-3H3. The minimum Gasteiger partial charge on any atom is -0.342 e. The van der Waals surface area contributed by atoms with Gasteiger partial charge < -0.3 is 9.47 Å². The third-order valence-corrected chi connectivity index (χ3v) is 1.72. The molecular weight excluding hydrogens is 192 g/mol. The Kier molecular flexibility index (Phi) is 9.15. The molecule has 0 amide bonds. The van der Waals surface area contributed by atoms with E-state index in [2.05, 4.69) is 11.8 Å². The Labute approximate surface area is 92.1 Å². The zero-order valence-electron chi connectivity index (χ0n) is 9.84. The molecule has 0 spiro atoms. The Morgan fingerprint density at radius 2 is 1.80 bits per heavy atom. The molecule has 0 saturated heterocycles. The highest BCUT2D eigenvalue weighted by atomic mass is 16.7. The molecule has 0 aromatic rings. The molecule has 0 aromatic heterocycles. The lowest BCUT2D eigenvalue weighted by Crippen LogP contribution is -2.15. The van der Waals surface area contributed by atoms with Gasteiger partial charge in [0.25, 0.3) is 0 Å². The van der Waals surface area contributed by atoms with Crippen molar-refractivity contribution in [3.05, 3.63) is 0 Å². The second-order valence-corrected chi connectivity index (χ2v) is 3.04.